The van der Waals surface area contributed by atoms with Gasteiger partial charge >= 0.3 is 5.97 Å². The van der Waals surface area contributed by atoms with Crippen LogP contribution < -0.4 is 0 Å². The van der Waals surface area contributed by atoms with Gasteiger partial charge in [0, 0.05) is 14.9 Å². The van der Waals surface area contributed by atoms with E-state index >= 15 is 0 Å². The van der Waals surface area contributed by atoms with Crippen molar-refractivity contribution in [3.63, 3.8) is 0 Å². The molecule has 0 fully saturated rings. The summed E-state index contributed by atoms with van der Waals surface area (Å²) < 4.78 is 6.90. The van der Waals surface area contributed by atoms with Crippen molar-refractivity contribution in [1.82, 2.24) is 0 Å². The molecule has 0 aliphatic rings. The summed E-state index contributed by atoms with van der Waals surface area (Å²) in [5.74, 6) is -0.628. The lowest BCUT2D eigenvalue weighted by atomic mass is 10.0. The van der Waals surface area contributed by atoms with Crippen LogP contribution >= 0.6 is 31.9 Å². The van der Waals surface area contributed by atoms with Crippen LogP contribution in [0.25, 0.3) is 0 Å². The minimum absolute atomic E-state index is 0.0700. The molecule has 1 atom stereocenters. The first-order valence-corrected chi connectivity index (χ1v) is 7.98. The van der Waals surface area contributed by atoms with Crippen molar-refractivity contribution in [3.8, 4) is 0 Å². The number of aliphatic hydroxyl groups is 1. The van der Waals surface area contributed by atoms with Gasteiger partial charge in [0.15, 0.2) is 0 Å². The fourth-order valence-corrected chi connectivity index (χ4v) is 3.20. The number of halogens is 2. The summed E-state index contributed by atoms with van der Waals surface area (Å²) in [5, 5.41) is 9.44. The second-order valence-electron chi connectivity index (χ2n) is 4.55. The molecule has 1 N–H and O–H groups in total. The third-order valence-corrected chi connectivity index (χ3v) is 3.92. The topological polar surface area (TPSA) is 46.5 Å². The molecule has 2 aromatic rings. The van der Waals surface area contributed by atoms with Crippen LogP contribution in [0, 0.1) is 0 Å². The zero-order valence-corrected chi connectivity index (χ0v) is 14.3. The van der Waals surface area contributed by atoms with Gasteiger partial charge in [0.1, 0.15) is 6.61 Å². The Hall–Kier alpha value is -1.17. The number of esters is 1. The van der Waals surface area contributed by atoms with Gasteiger partial charge in [0.25, 0.3) is 0 Å². The molecule has 5 heteroatoms. The Kier molecular flexibility index (Phi) is 5.96. The second kappa shape index (κ2) is 7.73. The van der Waals surface area contributed by atoms with E-state index in [0.29, 0.717) is 5.56 Å². The summed E-state index contributed by atoms with van der Waals surface area (Å²) >= 11 is 6.67. The molecular weight excluding hydrogens is 400 g/mol. The first-order chi connectivity index (χ1) is 10.1. The summed E-state index contributed by atoms with van der Waals surface area (Å²) in [6.45, 7) is 0.0724. The van der Waals surface area contributed by atoms with Crippen LogP contribution in [0.4, 0.5) is 0 Å². The molecule has 0 heterocycles. The van der Waals surface area contributed by atoms with Gasteiger partial charge in [0.05, 0.1) is 12.2 Å². The van der Waals surface area contributed by atoms with Crippen molar-refractivity contribution in [1.29, 1.82) is 0 Å². The Morgan fingerprint density at radius 3 is 2.29 bits per heavy atom. The third-order valence-electron chi connectivity index (χ3n) is 3.01. The molecule has 0 saturated heterocycles. The molecule has 0 spiro atoms. The van der Waals surface area contributed by atoms with Crippen LogP contribution in [-0.4, -0.2) is 24.3 Å². The van der Waals surface area contributed by atoms with E-state index in [2.05, 4.69) is 31.9 Å². The summed E-state index contributed by atoms with van der Waals surface area (Å²) in [7, 11) is 0. The third kappa shape index (κ3) is 4.66. The number of hydrogen-bond acceptors (Lipinski definition) is 3. The van der Waals surface area contributed by atoms with Crippen LogP contribution in [-0.2, 0) is 4.74 Å². The molecule has 0 bridgehead atoms. The fraction of sp³-hybridized carbons (Fsp3) is 0.188. The van der Waals surface area contributed by atoms with Crippen molar-refractivity contribution >= 4 is 37.8 Å². The van der Waals surface area contributed by atoms with E-state index in [1.807, 2.05) is 36.4 Å². The average Bonchev–Trinajstić information content (AvgIpc) is 2.47. The highest BCUT2D eigenvalue weighted by Crippen LogP contribution is 2.21. The van der Waals surface area contributed by atoms with E-state index in [9.17, 15) is 9.90 Å². The molecule has 0 aliphatic heterocycles. The molecule has 3 nitrogen and oxygen atoms in total. The molecular formula is C16H14Br2O3. The maximum atomic E-state index is 12.1. The Morgan fingerprint density at radius 2 is 1.71 bits per heavy atom. The molecule has 21 heavy (non-hydrogen) atoms. The Balaban J connectivity index is 2.02. The van der Waals surface area contributed by atoms with Crippen molar-refractivity contribution in [2.24, 2.45) is 0 Å². The van der Waals surface area contributed by atoms with E-state index in [1.165, 1.54) is 0 Å². The van der Waals surface area contributed by atoms with Gasteiger partial charge in [-0.15, -0.1) is 0 Å². The zero-order valence-electron chi connectivity index (χ0n) is 11.1. The highest BCUT2D eigenvalue weighted by Gasteiger charge is 2.15. The minimum atomic E-state index is -0.411. The van der Waals surface area contributed by atoms with E-state index < -0.39 is 5.97 Å². The van der Waals surface area contributed by atoms with Gasteiger partial charge in [-0.2, -0.15) is 0 Å². The van der Waals surface area contributed by atoms with E-state index in [-0.39, 0.29) is 19.1 Å². The van der Waals surface area contributed by atoms with Crippen LogP contribution in [0.1, 0.15) is 21.8 Å². The van der Waals surface area contributed by atoms with Gasteiger partial charge < -0.3 is 9.84 Å². The van der Waals surface area contributed by atoms with Crippen LogP contribution in [0.15, 0.2) is 57.5 Å². The van der Waals surface area contributed by atoms with E-state index in [4.69, 9.17) is 4.74 Å². The standard InChI is InChI=1S/C16H14Br2O3/c17-14-6-12(7-15(18)8-14)16(20)21-10-13(9-19)11-4-2-1-3-5-11/h1-8,13,19H,9-10H2. The lowest BCUT2D eigenvalue weighted by Crippen LogP contribution is -2.16. The highest BCUT2D eigenvalue weighted by atomic mass is 79.9. The van der Waals surface area contributed by atoms with Gasteiger partial charge in [-0.1, -0.05) is 62.2 Å². The molecule has 0 saturated carbocycles. The van der Waals surface area contributed by atoms with Gasteiger partial charge in [0.2, 0.25) is 0 Å². The number of aliphatic hydroxyl groups excluding tert-OH is 1. The highest BCUT2D eigenvalue weighted by molar-refractivity contribution is 9.11. The summed E-state index contributed by atoms with van der Waals surface area (Å²) in [6.07, 6.45) is 0. The molecule has 110 valence electrons. The smallest absolute Gasteiger partial charge is 0.338 e. The number of ether oxygens (including phenoxy) is 1. The number of hydrogen-bond donors (Lipinski definition) is 1. The Morgan fingerprint density at radius 1 is 1.10 bits per heavy atom. The molecule has 0 aromatic heterocycles. The van der Waals surface area contributed by atoms with Gasteiger partial charge in [-0.25, -0.2) is 4.79 Å². The van der Waals surface area contributed by atoms with E-state index in [0.717, 1.165) is 14.5 Å². The minimum Gasteiger partial charge on any atom is -0.461 e. The van der Waals surface area contributed by atoms with Crippen molar-refractivity contribution < 1.29 is 14.6 Å². The SMILES string of the molecule is O=C(OCC(CO)c1ccccc1)c1cc(Br)cc(Br)c1. The lowest BCUT2D eigenvalue weighted by molar-refractivity contribution is 0.0450. The Labute approximate surface area is 140 Å². The summed E-state index contributed by atoms with van der Waals surface area (Å²) in [5.41, 5.74) is 1.41. The predicted molar refractivity (Wildman–Crippen MR) is 88.4 cm³/mol. The maximum Gasteiger partial charge on any atom is 0.338 e. The van der Waals surface area contributed by atoms with Crippen molar-refractivity contribution in [3.05, 3.63) is 68.6 Å². The monoisotopic (exact) mass is 412 g/mol. The second-order valence-corrected chi connectivity index (χ2v) is 6.38. The lowest BCUT2D eigenvalue weighted by Gasteiger charge is -2.15. The fourth-order valence-electron chi connectivity index (χ4n) is 1.91. The molecule has 1 unspecified atom stereocenters. The van der Waals surface area contributed by atoms with Crippen molar-refractivity contribution in [2.75, 3.05) is 13.2 Å². The molecule has 0 amide bonds. The summed E-state index contributed by atoms with van der Waals surface area (Å²) in [6, 6.07) is 14.7. The largest absolute Gasteiger partial charge is 0.461 e. The van der Waals surface area contributed by atoms with Gasteiger partial charge in [-0.3, -0.25) is 0 Å². The average molecular weight is 414 g/mol. The summed E-state index contributed by atoms with van der Waals surface area (Å²) in [4.78, 5) is 12.1. The number of carbonyl (C=O) groups is 1. The normalized spacial score (nSPS) is 12.0. The van der Waals surface area contributed by atoms with Crippen molar-refractivity contribution in [2.45, 2.75) is 5.92 Å². The first kappa shape index (κ1) is 16.2. The van der Waals surface area contributed by atoms with Crippen LogP contribution in [0.2, 0.25) is 0 Å². The molecule has 0 radical (unpaired) electrons. The Bertz CT molecular complexity index is 594. The first-order valence-electron chi connectivity index (χ1n) is 6.39. The van der Waals surface area contributed by atoms with Crippen LogP contribution in [0.3, 0.4) is 0 Å². The molecule has 0 aliphatic carbocycles. The van der Waals surface area contributed by atoms with Crippen LogP contribution in [0.5, 0.6) is 0 Å². The number of benzene rings is 2. The van der Waals surface area contributed by atoms with Gasteiger partial charge in [-0.05, 0) is 23.8 Å². The zero-order chi connectivity index (χ0) is 15.2. The molecule has 2 aromatic carbocycles. The maximum absolute atomic E-state index is 12.1. The van der Waals surface area contributed by atoms with E-state index in [1.54, 1.807) is 12.1 Å². The predicted octanol–water partition coefficient (Wildman–Crippen LogP) is 4.14. The number of carbonyl (C=O) groups excluding carboxylic acids is 1. The number of rotatable bonds is 5. The quantitative estimate of drug-likeness (QED) is 0.749. The molecule has 2 rings (SSSR count).